The van der Waals surface area contributed by atoms with Crippen LogP contribution in [0, 0.1) is 0 Å². The van der Waals surface area contributed by atoms with Crippen LogP contribution in [0.25, 0.3) is 0 Å². The first-order valence-corrected chi connectivity index (χ1v) is 8.14. The lowest BCUT2D eigenvalue weighted by Gasteiger charge is -2.35. The molecule has 2 aromatic heterocycles. The molecule has 0 N–H and O–H groups in total. The molecule has 1 amide bonds. The Morgan fingerprint density at radius 2 is 2.14 bits per heavy atom. The van der Waals surface area contributed by atoms with Crippen molar-refractivity contribution in [2.24, 2.45) is 0 Å². The van der Waals surface area contributed by atoms with Crippen molar-refractivity contribution in [3.8, 4) is 0 Å². The molecule has 0 bridgehead atoms. The van der Waals surface area contributed by atoms with E-state index in [1.165, 1.54) is 4.88 Å². The molecule has 6 heteroatoms. The Kier molecular flexibility index (Phi) is 4.36. The Morgan fingerprint density at radius 3 is 2.76 bits per heavy atom. The first kappa shape index (κ1) is 14.3. The highest BCUT2D eigenvalue weighted by molar-refractivity contribution is 7.09. The topological polar surface area (TPSA) is 41.4 Å². The Balaban J connectivity index is 1.52. The summed E-state index contributed by atoms with van der Waals surface area (Å²) in [5, 5.41) is 6.27. The van der Waals surface area contributed by atoms with Crippen molar-refractivity contribution in [2.75, 3.05) is 26.2 Å². The monoisotopic (exact) mass is 304 g/mol. The molecule has 21 heavy (non-hydrogen) atoms. The predicted molar refractivity (Wildman–Crippen MR) is 83.1 cm³/mol. The molecule has 0 aromatic carbocycles. The van der Waals surface area contributed by atoms with Gasteiger partial charge in [-0.25, -0.2) is 0 Å². The number of carbonyl (C=O) groups excluding carboxylic acids is 1. The quantitative estimate of drug-likeness (QED) is 0.865. The molecule has 0 saturated carbocycles. The average molecular weight is 304 g/mol. The van der Waals surface area contributed by atoms with Gasteiger partial charge >= 0.3 is 0 Å². The van der Waals surface area contributed by atoms with Crippen LogP contribution in [-0.4, -0.2) is 51.7 Å². The van der Waals surface area contributed by atoms with Crippen LogP contribution in [-0.2, 0) is 11.3 Å². The second kappa shape index (κ2) is 6.41. The first-order chi connectivity index (χ1) is 10.2. The zero-order chi connectivity index (χ0) is 14.7. The Labute approximate surface area is 128 Å². The summed E-state index contributed by atoms with van der Waals surface area (Å²) in [6, 6.07) is 5.89. The largest absolute Gasteiger partial charge is 0.338 e. The third-order valence-electron chi connectivity index (χ3n) is 3.92. The molecule has 1 atom stereocenters. The smallest absolute Gasteiger partial charge is 0.247 e. The maximum Gasteiger partial charge on any atom is 0.247 e. The molecule has 1 saturated heterocycles. The lowest BCUT2D eigenvalue weighted by atomic mass is 10.2. The van der Waals surface area contributed by atoms with Crippen molar-refractivity contribution in [1.82, 2.24) is 19.6 Å². The van der Waals surface area contributed by atoms with E-state index in [2.05, 4.69) is 27.5 Å². The third kappa shape index (κ3) is 3.33. The van der Waals surface area contributed by atoms with Crippen molar-refractivity contribution in [3.05, 3.63) is 40.8 Å². The fraction of sp³-hybridized carbons (Fsp3) is 0.467. The lowest BCUT2D eigenvalue weighted by Crippen LogP contribution is -2.49. The van der Waals surface area contributed by atoms with Gasteiger partial charge in [0.05, 0.1) is 0 Å². The summed E-state index contributed by atoms with van der Waals surface area (Å²) >= 11 is 1.79. The molecule has 112 valence electrons. The second-order valence-electron chi connectivity index (χ2n) is 5.34. The maximum atomic E-state index is 12.5. The molecule has 1 fully saturated rings. The van der Waals surface area contributed by atoms with Crippen LogP contribution in [0.2, 0.25) is 0 Å². The Hall–Kier alpha value is -1.66. The first-order valence-electron chi connectivity index (χ1n) is 7.26. The van der Waals surface area contributed by atoms with Gasteiger partial charge < -0.3 is 4.90 Å². The standard InChI is InChI=1S/C15H20N4OS/c1-13(19-6-3-5-16-19)15(20)18-9-7-17(8-10-18)12-14-4-2-11-21-14/h2-6,11,13H,7-10,12H2,1H3. The molecule has 1 aliphatic heterocycles. The van der Waals surface area contributed by atoms with Crippen LogP contribution in [0.3, 0.4) is 0 Å². The van der Waals surface area contributed by atoms with Gasteiger partial charge in [-0.15, -0.1) is 11.3 Å². The van der Waals surface area contributed by atoms with E-state index in [0.29, 0.717) is 0 Å². The maximum absolute atomic E-state index is 12.5. The van der Waals surface area contributed by atoms with E-state index < -0.39 is 0 Å². The highest BCUT2D eigenvalue weighted by Crippen LogP contribution is 2.15. The molecular weight excluding hydrogens is 284 g/mol. The number of piperazine rings is 1. The zero-order valence-corrected chi connectivity index (χ0v) is 13.0. The van der Waals surface area contributed by atoms with Gasteiger partial charge in [0.1, 0.15) is 6.04 Å². The number of hydrogen-bond acceptors (Lipinski definition) is 4. The van der Waals surface area contributed by atoms with Crippen LogP contribution < -0.4 is 0 Å². The average Bonchev–Trinajstić information content (AvgIpc) is 3.20. The second-order valence-corrected chi connectivity index (χ2v) is 6.38. The van der Waals surface area contributed by atoms with E-state index in [0.717, 1.165) is 32.7 Å². The molecule has 0 aliphatic carbocycles. The van der Waals surface area contributed by atoms with E-state index in [9.17, 15) is 4.79 Å². The molecule has 0 spiro atoms. The van der Waals surface area contributed by atoms with Crippen LogP contribution in [0.15, 0.2) is 36.0 Å². The SMILES string of the molecule is CC(C(=O)N1CCN(Cc2cccs2)CC1)n1cccn1. The van der Waals surface area contributed by atoms with Gasteiger partial charge in [0.15, 0.2) is 0 Å². The van der Waals surface area contributed by atoms with Crippen molar-refractivity contribution in [1.29, 1.82) is 0 Å². The van der Waals surface area contributed by atoms with Gasteiger partial charge in [-0.2, -0.15) is 5.10 Å². The van der Waals surface area contributed by atoms with Crippen molar-refractivity contribution < 1.29 is 4.79 Å². The van der Waals surface area contributed by atoms with Crippen LogP contribution in [0.5, 0.6) is 0 Å². The Bertz CT molecular complexity index is 559. The number of thiophene rings is 1. The van der Waals surface area contributed by atoms with Gasteiger partial charge in [-0.1, -0.05) is 6.07 Å². The van der Waals surface area contributed by atoms with E-state index in [1.807, 2.05) is 24.1 Å². The number of aromatic nitrogens is 2. The van der Waals surface area contributed by atoms with E-state index >= 15 is 0 Å². The van der Waals surface area contributed by atoms with E-state index in [1.54, 1.807) is 22.2 Å². The highest BCUT2D eigenvalue weighted by Gasteiger charge is 2.25. The Morgan fingerprint density at radius 1 is 1.33 bits per heavy atom. The molecule has 3 rings (SSSR count). The van der Waals surface area contributed by atoms with Gasteiger partial charge in [0.2, 0.25) is 5.91 Å². The number of hydrogen-bond donors (Lipinski definition) is 0. The van der Waals surface area contributed by atoms with Gasteiger partial charge in [-0.3, -0.25) is 14.4 Å². The fourth-order valence-corrected chi connectivity index (χ4v) is 3.38. The molecule has 3 heterocycles. The number of amides is 1. The molecular formula is C15H20N4OS. The number of nitrogens with zero attached hydrogens (tertiary/aromatic N) is 4. The highest BCUT2D eigenvalue weighted by atomic mass is 32.1. The fourth-order valence-electron chi connectivity index (χ4n) is 2.64. The summed E-state index contributed by atoms with van der Waals surface area (Å²) in [4.78, 5) is 18.2. The molecule has 1 unspecified atom stereocenters. The number of carbonyl (C=O) groups is 1. The summed E-state index contributed by atoms with van der Waals surface area (Å²) in [5.41, 5.74) is 0. The molecule has 1 aliphatic rings. The summed E-state index contributed by atoms with van der Waals surface area (Å²) in [6.45, 7) is 6.39. The van der Waals surface area contributed by atoms with Gasteiger partial charge in [0, 0.05) is 50.0 Å². The van der Waals surface area contributed by atoms with Crippen LogP contribution >= 0.6 is 11.3 Å². The summed E-state index contributed by atoms with van der Waals surface area (Å²) in [6.07, 6.45) is 3.55. The van der Waals surface area contributed by atoms with Gasteiger partial charge in [-0.05, 0) is 24.4 Å². The minimum atomic E-state index is -0.219. The third-order valence-corrected chi connectivity index (χ3v) is 4.78. The van der Waals surface area contributed by atoms with Crippen LogP contribution in [0.4, 0.5) is 0 Å². The van der Waals surface area contributed by atoms with Crippen molar-refractivity contribution in [2.45, 2.75) is 19.5 Å². The molecule has 5 nitrogen and oxygen atoms in total. The van der Waals surface area contributed by atoms with Crippen molar-refractivity contribution in [3.63, 3.8) is 0 Å². The summed E-state index contributed by atoms with van der Waals surface area (Å²) in [5.74, 6) is 0.162. The zero-order valence-electron chi connectivity index (χ0n) is 12.2. The summed E-state index contributed by atoms with van der Waals surface area (Å²) < 4.78 is 1.72. The normalized spacial score (nSPS) is 17.9. The summed E-state index contributed by atoms with van der Waals surface area (Å²) in [7, 11) is 0. The molecule has 0 radical (unpaired) electrons. The minimum absolute atomic E-state index is 0.162. The predicted octanol–water partition coefficient (Wildman–Crippen LogP) is 1.85. The van der Waals surface area contributed by atoms with Crippen LogP contribution in [0.1, 0.15) is 17.8 Å². The molecule has 2 aromatic rings. The lowest BCUT2D eigenvalue weighted by molar-refractivity contribution is -0.136. The number of rotatable bonds is 4. The minimum Gasteiger partial charge on any atom is -0.338 e. The van der Waals surface area contributed by atoms with Gasteiger partial charge in [0.25, 0.3) is 0 Å². The van der Waals surface area contributed by atoms with E-state index in [4.69, 9.17) is 0 Å². The van der Waals surface area contributed by atoms with Crippen molar-refractivity contribution >= 4 is 17.2 Å². The van der Waals surface area contributed by atoms with E-state index in [-0.39, 0.29) is 11.9 Å².